The molecule has 1 aromatic heterocycles. The quantitative estimate of drug-likeness (QED) is 0.370. The van der Waals surface area contributed by atoms with Gasteiger partial charge >= 0.3 is 0 Å². The number of amides is 1. The second kappa shape index (κ2) is 10.4. The van der Waals surface area contributed by atoms with E-state index >= 15 is 0 Å². The van der Waals surface area contributed by atoms with Gasteiger partial charge in [0.2, 0.25) is 0 Å². The number of methoxy groups -OCH3 is 1. The van der Waals surface area contributed by atoms with Crippen molar-refractivity contribution in [2.75, 3.05) is 13.7 Å². The number of ether oxygens (including phenoxy) is 1. The molecule has 5 nitrogen and oxygen atoms in total. The highest BCUT2D eigenvalue weighted by Gasteiger charge is 2.11. The molecular formula is C27H27N3O2. The minimum atomic E-state index is -0.0536. The number of aryl methyl sites for hydroxylation is 1. The molecule has 0 aliphatic rings. The third-order valence-electron chi connectivity index (χ3n) is 5.43. The number of hydrogen-bond acceptors (Lipinski definition) is 3. The summed E-state index contributed by atoms with van der Waals surface area (Å²) in [5.41, 5.74) is 4.82. The normalized spacial score (nSPS) is 10.7. The Balaban J connectivity index is 1.38. The molecule has 4 rings (SSSR count). The lowest BCUT2D eigenvalue weighted by atomic mass is 10.1. The van der Waals surface area contributed by atoms with Crippen molar-refractivity contribution in [1.29, 1.82) is 0 Å². The van der Waals surface area contributed by atoms with Gasteiger partial charge in [-0.3, -0.25) is 9.36 Å². The summed E-state index contributed by atoms with van der Waals surface area (Å²) in [4.78, 5) is 17.0. The van der Waals surface area contributed by atoms with E-state index in [1.165, 1.54) is 5.56 Å². The van der Waals surface area contributed by atoms with Crippen LogP contribution in [0.15, 0.2) is 91.4 Å². The number of aromatic nitrogens is 2. The maximum absolute atomic E-state index is 12.7. The molecule has 0 fully saturated rings. The van der Waals surface area contributed by atoms with Gasteiger partial charge in [-0.15, -0.1) is 0 Å². The molecule has 1 N–H and O–H groups in total. The third kappa shape index (κ3) is 5.24. The topological polar surface area (TPSA) is 56.2 Å². The van der Waals surface area contributed by atoms with Crippen LogP contribution in [0.25, 0.3) is 16.9 Å². The van der Waals surface area contributed by atoms with Crippen LogP contribution in [-0.4, -0.2) is 29.1 Å². The Hall–Kier alpha value is -3.86. The van der Waals surface area contributed by atoms with E-state index in [1.54, 1.807) is 13.4 Å². The monoisotopic (exact) mass is 425 g/mol. The lowest BCUT2D eigenvalue weighted by Gasteiger charge is -2.11. The number of nitrogens with one attached hydrogen (secondary N) is 1. The summed E-state index contributed by atoms with van der Waals surface area (Å²) < 4.78 is 7.24. The van der Waals surface area contributed by atoms with E-state index in [9.17, 15) is 4.79 Å². The Morgan fingerprint density at radius 1 is 0.969 bits per heavy atom. The van der Waals surface area contributed by atoms with Crippen LogP contribution in [0.5, 0.6) is 5.75 Å². The predicted octanol–water partition coefficient (Wildman–Crippen LogP) is 5.30. The Morgan fingerprint density at radius 2 is 1.78 bits per heavy atom. The zero-order chi connectivity index (χ0) is 22.2. The molecule has 1 amide bonds. The van der Waals surface area contributed by atoms with Crippen LogP contribution in [0.1, 0.15) is 28.8 Å². The first-order chi connectivity index (χ1) is 15.7. The molecule has 3 aromatic carbocycles. The van der Waals surface area contributed by atoms with Crippen LogP contribution in [0.2, 0.25) is 0 Å². The maximum Gasteiger partial charge on any atom is 0.251 e. The van der Waals surface area contributed by atoms with Crippen molar-refractivity contribution in [3.05, 3.63) is 103 Å². The van der Waals surface area contributed by atoms with Crippen LogP contribution in [0.4, 0.5) is 0 Å². The lowest BCUT2D eigenvalue weighted by molar-refractivity contribution is 0.0953. The fourth-order valence-electron chi connectivity index (χ4n) is 3.68. The van der Waals surface area contributed by atoms with Crippen LogP contribution in [0, 0.1) is 0 Å². The van der Waals surface area contributed by atoms with Gasteiger partial charge in [-0.2, -0.15) is 0 Å². The highest BCUT2D eigenvalue weighted by atomic mass is 16.5. The third-order valence-corrected chi connectivity index (χ3v) is 5.43. The van der Waals surface area contributed by atoms with E-state index in [1.807, 2.05) is 65.4 Å². The van der Waals surface area contributed by atoms with Crippen LogP contribution < -0.4 is 10.1 Å². The molecule has 32 heavy (non-hydrogen) atoms. The molecule has 0 saturated heterocycles. The average molecular weight is 426 g/mol. The fraction of sp³-hybridized carbons (Fsp3) is 0.185. The van der Waals surface area contributed by atoms with Crippen LogP contribution >= 0.6 is 0 Å². The van der Waals surface area contributed by atoms with Crippen molar-refractivity contribution in [3.8, 4) is 22.7 Å². The van der Waals surface area contributed by atoms with Crippen molar-refractivity contribution in [2.45, 2.75) is 19.3 Å². The van der Waals surface area contributed by atoms with E-state index in [2.05, 4.69) is 34.6 Å². The smallest absolute Gasteiger partial charge is 0.251 e. The molecule has 1 heterocycles. The first-order valence-corrected chi connectivity index (χ1v) is 10.8. The Labute approximate surface area is 188 Å². The molecule has 0 spiro atoms. The number of imidazole rings is 1. The van der Waals surface area contributed by atoms with E-state index in [-0.39, 0.29) is 5.91 Å². The number of rotatable bonds is 9. The molecule has 0 saturated carbocycles. The average Bonchev–Trinajstić information content (AvgIpc) is 3.34. The molecule has 5 heteroatoms. The Morgan fingerprint density at radius 3 is 2.56 bits per heavy atom. The summed E-state index contributed by atoms with van der Waals surface area (Å²) in [5, 5.41) is 3.04. The van der Waals surface area contributed by atoms with E-state index in [4.69, 9.17) is 4.74 Å². The molecular weight excluding hydrogens is 398 g/mol. The maximum atomic E-state index is 12.7. The predicted molar refractivity (Wildman–Crippen MR) is 127 cm³/mol. The van der Waals surface area contributed by atoms with Crippen LogP contribution in [-0.2, 0) is 6.42 Å². The van der Waals surface area contributed by atoms with E-state index < -0.39 is 0 Å². The summed E-state index contributed by atoms with van der Waals surface area (Å²) in [7, 11) is 1.65. The number of carbonyl (C=O) groups is 1. The van der Waals surface area contributed by atoms with E-state index in [0.29, 0.717) is 12.1 Å². The minimum absolute atomic E-state index is 0.0536. The highest BCUT2D eigenvalue weighted by Crippen LogP contribution is 2.25. The van der Waals surface area contributed by atoms with Crippen molar-refractivity contribution in [2.24, 2.45) is 0 Å². The molecule has 162 valence electrons. The van der Waals surface area contributed by atoms with Gasteiger partial charge in [-0.25, -0.2) is 4.98 Å². The van der Waals surface area contributed by atoms with Gasteiger partial charge in [0.15, 0.2) is 0 Å². The first kappa shape index (κ1) is 21.4. The SMILES string of the molecule is COc1ccc(-n2cncc2-c2cccc(C(=O)NCCCCc3ccccc3)c2)cc1. The first-order valence-electron chi connectivity index (χ1n) is 10.8. The van der Waals surface area contributed by atoms with Crippen LogP contribution in [0.3, 0.4) is 0 Å². The molecule has 4 aromatic rings. The van der Waals surface area contributed by atoms with Gasteiger partial charge in [-0.05, 0) is 61.2 Å². The van der Waals surface area contributed by atoms with Gasteiger partial charge in [0.1, 0.15) is 5.75 Å². The summed E-state index contributed by atoms with van der Waals surface area (Å²) >= 11 is 0. The second-order valence-corrected chi connectivity index (χ2v) is 7.63. The van der Waals surface area contributed by atoms with Crippen molar-refractivity contribution in [3.63, 3.8) is 0 Å². The summed E-state index contributed by atoms with van der Waals surface area (Å²) in [6, 6.07) is 25.9. The molecule has 0 bridgehead atoms. The summed E-state index contributed by atoms with van der Waals surface area (Å²) in [6.07, 6.45) is 6.61. The largest absolute Gasteiger partial charge is 0.497 e. The van der Waals surface area contributed by atoms with E-state index in [0.717, 1.165) is 42.0 Å². The van der Waals surface area contributed by atoms with Crippen molar-refractivity contribution >= 4 is 5.91 Å². The second-order valence-electron chi connectivity index (χ2n) is 7.63. The number of nitrogens with zero attached hydrogens (tertiary/aromatic N) is 2. The molecule has 0 unspecified atom stereocenters. The highest BCUT2D eigenvalue weighted by molar-refractivity contribution is 5.95. The zero-order valence-electron chi connectivity index (χ0n) is 18.2. The molecule has 0 atom stereocenters. The van der Waals surface area contributed by atoms with Gasteiger partial charge in [0.05, 0.1) is 25.3 Å². The van der Waals surface area contributed by atoms with Gasteiger partial charge < -0.3 is 10.1 Å². The van der Waals surface area contributed by atoms with Crippen molar-refractivity contribution in [1.82, 2.24) is 14.9 Å². The number of benzene rings is 3. The standard InChI is InChI=1S/C27H27N3O2/c1-32-25-15-13-24(14-16-25)30-20-28-19-26(30)22-11-7-12-23(18-22)27(31)29-17-6-5-10-21-8-3-2-4-9-21/h2-4,7-9,11-16,18-20H,5-6,10,17H2,1H3,(H,29,31). The van der Waals surface area contributed by atoms with Gasteiger partial charge in [-0.1, -0.05) is 42.5 Å². The summed E-state index contributed by atoms with van der Waals surface area (Å²) in [6.45, 7) is 0.666. The van der Waals surface area contributed by atoms with Crippen molar-refractivity contribution < 1.29 is 9.53 Å². The molecule has 0 aliphatic carbocycles. The van der Waals surface area contributed by atoms with Gasteiger partial charge in [0, 0.05) is 23.4 Å². The minimum Gasteiger partial charge on any atom is -0.497 e. The number of carbonyl (C=O) groups excluding carboxylic acids is 1. The lowest BCUT2D eigenvalue weighted by Crippen LogP contribution is -2.24. The number of unbranched alkanes of at least 4 members (excludes halogenated alkanes) is 1. The Kier molecular flexibility index (Phi) is 6.98. The number of hydrogen-bond donors (Lipinski definition) is 1. The Bertz CT molecular complexity index is 1150. The zero-order valence-corrected chi connectivity index (χ0v) is 18.2. The summed E-state index contributed by atoms with van der Waals surface area (Å²) in [5.74, 6) is 0.750. The fourth-order valence-corrected chi connectivity index (χ4v) is 3.68. The molecule has 0 aliphatic heterocycles. The van der Waals surface area contributed by atoms with Gasteiger partial charge in [0.25, 0.3) is 5.91 Å². The molecule has 0 radical (unpaired) electrons.